The van der Waals surface area contributed by atoms with Crippen molar-refractivity contribution >= 4 is 29.5 Å². The molecule has 0 aromatic heterocycles. The van der Waals surface area contributed by atoms with Crippen molar-refractivity contribution in [3.8, 4) is 0 Å². The summed E-state index contributed by atoms with van der Waals surface area (Å²) < 4.78 is 0. The molecule has 12 N–H and O–H groups in total. The number of carbonyl (C=O) groups is 5. The summed E-state index contributed by atoms with van der Waals surface area (Å²) in [6.45, 7) is 4.33. The number of unbranched alkanes of at least 4 members (excludes halogenated alkanes) is 18. The van der Waals surface area contributed by atoms with Crippen LogP contribution in [0.3, 0.4) is 0 Å². The van der Waals surface area contributed by atoms with Crippen molar-refractivity contribution in [1.29, 1.82) is 0 Å². The molecule has 0 bridgehead atoms. The Hall–Kier alpha value is -3.03. The van der Waals surface area contributed by atoms with E-state index in [0.717, 1.165) is 122 Å². The van der Waals surface area contributed by atoms with Gasteiger partial charge >= 0.3 is 0 Å². The molecule has 332 valence electrons. The van der Waals surface area contributed by atoms with Gasteiger partial charge < -0.3 is 44.2 Å². The molecule has 57 heavy (non-hydrogen) atoms. The summed E-state index contributed by atoms with van der Waals surface area (Å²) in [6.07, 6.45) is 30.4. The van der Waals surface area contributed by atoms with Gasteiger partial charge in [0.25, 0.3) is 0 Å². The fourth-order valence-electron chi connectivity index (χ4n) is 6.73. The van der Waals surface area contributed by atoms with Gasteiger partial charge in [-0.1, -0.05) is 96.1 Å². The third kappa shape index (κ3) is 33.6. The van der Waals surface area contributed by atoms with E-state index in [0.29, 0.717) is 71.1 Å². The van der Waals surface area contributed by atoms with Gasteiger partial charge in [-0.05, 0) is 116 Å². The van der Waals surface area contributed by atoms with E-state index in [4.69, 9.17) is 22.9 Å². The van der Waals surface area contributed by atoms with Crippen LogP contribution in [0.25, 0.3) is 0 Å². The van der Waals surface area contributed by atoms with E-state index in [1.54, 1.807) is 0 Å². The third-order valence-electron chi connectivity index (χ3n) is 10.3. The van der Waals surface area contributed by atoms with Crippen molar-refractivity contribution in [1.82, 2.24) is 21.3 Å². The molecule has 0 rings (SSSR count). The first-order chi connectivity index (χ1) is 27.7. The van der Waals surface area contributed by atoms with Crippen LogP contribution < -0.4 is 44.2 Å². The Bertz CT molecular complexity index is 1060. The second-order valence-electron chi connectivity index (χ2n) is 15.7. The number of allylic oxidation sites excluding steroid dienone is 2. The van der Waals surface area contributed by atoms with Crippen LogP contribution in [-0.4, -0.2) is 73.8 Å². The number of hydrogen-bond donors (Lipinski definition) is 8. The predicted molar refractivity (Wildman–Crippen MR) is 234 cm³/mol. The quantitative estimate of drug-likeness (QED) is 0.0277. The lowest BCUT2D eigenvalue weighted by Crippen LogP contribution is -2.53. The summed E-state index contributed by atoms with van der Waals surface area (Å²) in [5, 5.41) is 11.7. The van der Waals surface area contributed by atoms with Crippen LogP contribution in [0.1, 0.15) is 193 Å². The highest BCUT2D eigenvalue weighted by Gasteiger charge is 2.26. The van der Waals surface area contributed by atoms with E-state index >= 15 is 0 Å². The Morgan fingerprint density at radius 1 is 0.456 bits per heavy atom. The molecule has 0 radical (unpaired) electrons. The van der Waals surface area contributed by atoms with Gasteiger partial charge in [-0.3, -0.25) is 24.0 Å². The lowest BCUT2D eigenvalue weighted by Gasteiger charge is -2.23. The Balaban J connectivity index is 4.50. The van der Waals surface area contributed by atoms with Crippen molar-refractivity contribution < 1.29 is 24.0 Å². The molecule has 0 aliphatic carbocycles. The molecule has 3 atom stereocenters. The molecule has 13 nitrogen and oxygen atoms in total. The minimum absolute atomic E-state index is 0.127. The number of primary amides is 1. The molecule has 13 heteroatoms. The highest BCUT2D eigenvalue weighted by molar-refractivity contribution is 5.92. The number of amides is 5. The van der Waals surface area contributed by atoms with Crippen LogP contribution >= 0.6 is 0 Å². The number of nitrogens with two attached hydrogens (primary N) is 4. The fourth-order valence-corrected chi connectivity index (χ4v) is 6.73. The molecule has 0 heterocycles. The number of nitrogens with one attached hydrogen (secondary N) is 4. The Morgan fingerprint density at radius 2 is 0.860 bits per heavy atom. The normalized spacial score (nSPS) is 12.9. The first kappa shape index (κ1) is 54.0. The summed E-state index contributed by atoms with van der Waals surface area (Å²) in [6, 6.07) is -2.01. The van der Waals surface area contributed by atoms with Crippen molar-refractivity contribution in [2.45, 2.75) is 211 Å². The molecule has 0 fully saturated rings. The van der Waals surface area contributed by atoms with Crippen LogP contribution in [-0.2, 0) is 24.0 Å². The lowest BCUT2D eigenvalue weighted by atomic mass is 10.0. The van der Waals surface area contributed by atoms with Gasteiger partial charge in [-0.25, -0.2) is 0 Å². The second kappa shape index (κ2) is 39.8. The van der Waals surface area contributed by atoms with Gasteiger partial charge in [0.15, 0.2) is 0 Å². The zero-order valence-corrected chi connectivity index (χ0v) is 36.1. The number of rotatable bonds is 41. The summed E-state index contributed by atoms with van der Waals surface area (Å²) in [4.78, 5) is 63.4. The summed E-state index contributed by atoms with van der Waals surface area (Å²) in [5.74, 6) is -1.28. The highest BCUT2D eigenvalue weighted by atomic mass is 16.2. The fraction of sp³-hybridized carbons (Fsp3) is 0.841. The molecule has 0 saturated heterocycles. The van der Waals surface area contributed by atoms with E-state index in [1.807, 2.05) is 0 Å². The number of carbonyl (C=O) groups excluding carboxylic acids is 5. The van der Waals surface area contributed by atoms with Gasteiger partial charge in [-0.2, -0.15) is 0 Å². The van der Waals surface area contributed by atoms with E-state index in [9.17, 15) is 24.0 Å². The SMILES string of the molecule is CCCC/C=C/CCCCCCCC(=O)NC(CCCCN)C(=O)NC(CCCCN)C(=O)NCCCCCCCCCCCC(=O)NC(CCCCN)C(N)=O. The Labute approximate surface area is 346 Å². The zero-order chi connectivity index (χ0) is 42.2. The van der Waals surface area contributed by atoms with E-state index in [-0.39, 0.29) is 23.6 Å². The van der Waals surface area contributed by atoms with Gasteiger partial charge in [-0.15, -0.1) is 0 Å². The average molecular weight is 807 g/mol. The summed E-state index contributed by atoms with van der Waals surface area (Å²) in [5.41, 5.74) is 22.3. The maximum absolute atomic E-state index is 13.5. The Kier molecular flexibility index (Phi) is 37.7. The summed E-state index contributed by atoms with van der Waals surface area (Å²) >= 11 is 0. The smallest absolute Gasteiger partial charge is 0.243 e. The maximum atomic E-state index is 13.5. The third-order valence-corrected chi connectivity index (χ3v) is 10.3. The van der Waals surface area contributed by atoms with E-state index in [2.05, 4.69) is 40.3 Å². The largest absolute Gasteiger partial charge is 0.368 e. The second-order valence-corrected chi connectivity index (χ2v) is 15.7. The van der Waals surface area contributed by atoms with Gasteiger partial charge in [0.2, 0.25) is 29.5 Å². The zero-order valence-electron chi connectivity index (χ0n) is 36.1. The topological polar surface area (TPSA) is 238 Å². The first-order valence-corrected chi connectivity index (χ1v) is 22.9. The molecule has 5 amide bonds. The molecule has 3 unspecified atom stereocenters. The number of hydrogen-bond acceptors (Lipinski definition) is 8. The maximum Gasteiger partial charge on any atom is 0.243 e. The van der Waals surface area contributed by atoms with Crippen LogP contribution in [0.15, 0.2) is 12.2 Å². The van der Waals surface area contributed by atoms with Crippen molar-refractivity contribution in [3.05, 3.63) is 12.2 Å². The minimum Gasteiger partial charge on any atom is -0.368 e. The lowest BCUT2D eigenvalue weighted by molar-refractivity contribution is -0.132. The molecule has 0 aliphatic rings. The first-order valence-electron chi connectivity index (χ1n) is 22.9. The van der Waals surface area contributed by atoms with E-state index in [1.165, 1.54) is 19.3 Å². The van der Waals surface area contributed by atoms with Crippen LogP contribution in [0.2, 0.25) is 0 Å². The molecule has 0 saturated carbocycles. The highest BCUT2D eigenvalue weighted by Crippen LogP contribution is 2.12. The van der Waals surface area contributed by atoms with Gasteiger partial charge in [0.05, 0.1) is 0 Å². The standard InChI is InChI=1S/C44H86N8O5/c1-2-3-4-5-6-7-8-10-13-17-20-32-41(54)51-39(30-23-26-35-47)44(57)52-38(29-22-25-34-46)43(56)49-36-27-18-15-12-9-11-14-16-19-31-40(53)50-37(42(48)55)28-21-24-33-45/h5-6,37-39H,2-4,7-36,45-47H2,1H3,(H2,48,55)(H,49,56)(H,50,53)(H,51,54)(H,52,57)/b6-5+. The van der Waals surface area contributed by atoms with Crippen molar-refractivity contribution in [2.24, 2.45) is 22.9 Å². The average Bonchev–Trinajstić information content (AvgIpc) is 3.19. The van der Waals surface area contributed by atoms with Gasteiger partial charge in [0.1, 0.15) is 18.1 Å². The predicted octanol–water partition coefficient (Wildman–Crippen LogP) is 5.81. The molecule has 0 spiro atoms. The van der Waals surface area contributed by atoms with E-state index < -0.39 is 24.0 Å². The monoisotopic (exact) mass is 807 g/mol. The Morgan fingerprint density at radius 3 is 1.33 bits per heavy atom. The van der Waals surface area contributed by atoms with Crippen molar-refractivity contribution in [2.75, 3.05) is 26.2 Å². The van der Waals surface area contributed by atoms with Crippen LogP contribution in [0, 0.1) is 0 Å². The molecule has 0 aliphatic heterocycles. The van der Waals surface area contributed by atoms with Crippen LogP contribution in [0.5, 0.6) is 0 Å². The van der Waals surface area contributed by atoms with Crippen LogP contribution in [0.4, 0.5) is 0 Å². The molecule has 0 aromatic rings. The van der Waals surface area contributed by atoms with Crippen molar-refractivity contribution in [3.63, 3.8) is 0 Å². The minimum atomic E-state index is -0.703. The molecular weight excluding hydrogens is 721 g/mol. The molecule has 0 aromatic carbocycles. The van der Waals surface area contributed by atoms with Gasteiger partial charge in [0, 0.05) is 19.4 Å². The molecular formula is C44H86N8O5. The summed E-state index contributed by atoms with van der Waals surface area (Å²) in [7, 11) is 0.